The maximum atomic E-state index is 3.52. The molecule has 1 heterocycles. The van der Waals surface area contributed by atoms with E-state index in [1.165, 1.54) is 122 Å². The van der Waals surface area contributed by atoms with Gasteiger partial charge in [-0.25, -0.2) is 0 Å². The molecule has 0 spiro atoms. The highest BCUT2D eigenvalue weighted by Crippen LogP contribution is 2.20. The zero-order valence-corrected chi connectivity index (χ0v) is 16.7. The van der Waals surface area contributed by atoms with Crippen molar-refractivity contribution in [1.82, 2.24) is 5.32 Å². The van der Waals surface area contributed by atoms with Gasteiger partial charge >= 0.3 is 0 Å². The number of unbranched alkanes of at least 4 members (excludes halogenated alkanes) is 14. The van der Waals surface area contributed by atoms with E-state index in [0.717, 1.165) is 5.25 Å². The number of thioether (sulfide) groups is 1. The third-order valence-electron chi connectivity index (χ3n) is 5.13. The molecule has 0 aliphatic carbocycles. The van der Waals surface area contributed by atoms with Crippen LogP contribution in [0.25, 0.3) is 0 Å². The maximum absolute atomic E-state index is 3.52. The predicted molar refractivity (Wildman–Crippen MR) is 109 cm³/mol. The minimum Gasteiger partial charge on any atom is -0.315 e. The van der Waals surface area contributed by atoms with Crippen LogP contribution in [0.5, 0.6) is 0 Å². The lowest BCUT2D eigenvalue weighted by Gasteiger charge is -2.22. The van der Waals surface area contributed by atoms with E-state index in [1.54, 1.807) is 0 Å². The third-order valence-corrected chi connectivity index (χ3v) is 6.45. The summed E-state index contributed by atoms with van der Waals surface area (Å²) in [6.45, 7) is 4.77. The first-order valence-corrected chi connectivity index (χ1v) is 11.8. The summed E-state index contributed by atoms with van der Waals surface area (Å²) in [6.07, 6.45) is 23.5. The quantitative estimate of drug-likeness (QED) is 0.305. The van der Waals surface area contributed by atoms with E-state index in [2.05, 4.69) is 24.0 Å². The summed E-state index contributed by atoms with van der Waals surface area (Å²) in [7, 11) is 0. The Balaban J connectivity index is 1.67. The van der Waals surface area contributed by atoms with E-state index in [4.69, 9.17) is 0 Å². The van der Waals surface area contributed by atoms with E-state index in [-0.39, 0.29) is 0 Å². The molecule has 23 heavy (non-hydrogen) atoms. The van der Waals surface area contributed by atoms with E-state index >= 15 is 0 Å². The zero-order valence-electron chi connectivity index (χ0n) is 15.9. The van der Waals surface area contributed by atoms with Crippen LogP contribution in [-0.4, -0.2) is 24.1 Å². The molecule has 1 aliphatic rings. The van der Waals surface area contributed by atoms with Gasteiger partial charge in [-0.2, -0.15) is 11.8 Å². The predicted octanol–water partition coefficient (Wildman–Crippen LogP) is 6.95. The van der Waals surface area contributed by atoms with Crippen LogP contribution >= 0.6 is 11.8 Å². The van der Waals surface area contributed by atoms with E-state index < -0.39 is 0 Å². The van der Waals surface area contributed by atoms with E-state index in [1.807, 2.05) is 0 Å². The van der Waals surface area contributed by atoms with Crippen molar-refractivity contribution in [2.45, 2.75) is 115 Å². The minimum absolute atomic E-state index is 0.908. The summed E-state index contributed by atoms with van der Waals surface area (Å²) in [4.78, 5) is 0. The second-order valence-corrected chi connectivity index (χ2v) is 8.84. The van der Waals surface area contributed by atoms with Gasteiger partial charge in [-0.3, -0.25) is 0 Å². The van der Waals surface area contributed by atoms with Gasteiger partial charge in [-0.15, -0.1) is 0 Å². The lowest BCUT2D eigenvalue weighted by molar-refractivity contribution is 0.525. The van der Waals surface area contributed by atoms with Gasteiger partial charge in [0.15, 0.2) is 0 Å². The Hall–Kier alpha value is 0.310. The average molecular weight is 342 g/mol. The highest BCUT2D eigenvalue weighted by molar-refractivity contribution is 8.00. The highest BCUT2D eigenvalue weighted by Gasteiger charge is 2.12. The number of nitrogens with one attached hydrogen (secondary N) is 1. The zero-order chi connectivity index (χ0) is 16.4. The van der Waals surface area contributed by atoms with E-state index in [0.29, 0.717) is 0 Å². The molecule has 0 bridgehead atoms. The van der Waals surface area contributed by atoms with Crippen LogP contribution in [0.4, 0.5) is 0 Å². The van der Waals surface area contributed by atoms with Crippen LogP contribution in [0.1, 0.15) is 110 Å². The molecule has 1 N–H and O–H groups in total. The van der Waals surface area contributed by atoms with Gasteiger partial charge < -0.3 is 5.32 Å². The maximum Gasteiger partial charge on any atom is 0.0172 e. The van der Waals surface area contributed by atoms with Crippen molar-refractivity contribution in [2.24, 2.45) is 0 Å². The Morgan fingerprint density at radius 3 is 1.61 bits per heavy atom. The standard InChI is InChI=1S/C21H43NS/c1-2-3-4-5-6-7-8-9-10-11-12-13-14-15-16-17-21-20-22-18-19-23-21/h21-22H,2-20H2,1H3. The molecule has 0 radical (unpaired) electrons. The minimum atomic E-state index is 0.908. The Morgan fingerprint density at radius 1 is 0.696 bits per heavy atom. The van der Waals surface area contributed by atoms with Gasteiger partial charge in [0, 0.05) is 24.1 Å². The molecule has 0 saturated carbocycles. The van der Waals surface area contributed by atoms with Crippen molar-refractivity contribution in [3.63, 3.8) is 0 Å². The molecule has 0 amide bonds. The first-order chi connectivity index (χ1) is 11.4. The molecule has 0 aromatic carbocycles. The second-order valence-electron chi connectivity index (χ2n) is 7.44. The topological polar surface area (TPSA) is 12.0 Å². The first kappa shape index (κ1) is 21.4. The van der Waals surface area contributed by atoms with Crippen molar-refractivity contribution in [3.8, 4) is 0 Å². The number of hydrogen-bond donors (Lipinski definition) is 1. The Morgan fingerprint density at radius 2 is 1.17 bits per heavy atom. The van der Waals surface area contributed by atoms with Crippen molar-refractivity contribution in [2.75, 3.05) is 18.8 Å². The Kier molecular flexibility index (Phi) is 15.9. The van der Waals surface area contributed by atoms with Crippen molar-refractivity contribution >= 4 is 11.8 Å². The summed E-state index contributed by atoms with van der Waals surface area (Å²) in [5.74, 6) is 1.32. The Bertz CT molecular complexity index is 226. The van der Waals surface area contributed by atoms with Crippen LogP contribution in [-0.2, 0) is 0 Å². The Labute approximate surface area is 151 Å². The highest BCUT2D eigenvalue weighted by atomic mass is 32.2. The molecule has 1 nitrogen and oxygen atoms in total. The van der Waals surface area contributed by atoms with Gasteiger partial charge in [0.25, 0.3) is 0 Å². The summed E-state index contributed by atoms with van der Waals surface area (Å²) in [5.41, 5.74) is 0. The largest absolute Gasteiger partial charge is 0.315 e. The lowest BCUT2D eigenvalue weighted by Crippen LogP contribution is -2.32. The van der Waals surface area contributed by atoms with Crippen molar-refractivity contribution < 1.29 is 0 Å². The smallest absolute Gasteiger partial charge is 0.0172 e. The molecule has 1 fully saturated rings. The van der Waals surface area contributed by atoms with Gasteiger partial charge in [0.1, 0.15) is 0 Å². The van der Waals surface area contributed by atoms with E-state index in [9.17, 15) is 0 Å². The van der Waals surface area contributed by atoms with Gasteiger partial charge in [-0.1, -0.05) is 103 Å². The second kappa shape index (κ2) is 17.1. The molecule has 1 saturated heterocycles. The molecule has 2 heteroatoms. The normalized spacial score (nSPS) is 18.4. The van der Waals surface area contributed by atoms with Gasteiger partial charge in [0.2, 0.25) is 0 Å². The van der Waals surface area contributed by atoms with Crippen molar-refractivity contribution in [3.05, 3.63) is 0 Å². The lowest BCUT2D eigenvalue weighted by atomic mass is 10.0. The molecule has 1 atom stereocenters. The number of rotatable bonds is 16. The first-order valence-electron chi connectivity index (χ1n) is 10.8. The summed E-state index contributed by atoms with van der Waals surface area (Å²) < 4.78 is 0. The van der Waals surface area contributed by atoms with Crippen LogP contribution in [0, 0.1) is 0 Å². The summed E-state index contributed by atoms with van der Waals surface area (Å²) in [5, 5.41) is 4.42. The molecule has 138 valence electrons. The van der Waals surface area contributed by atoms with Crippen LogP contribution in [0.3, 0.4) is 0 Å². The summed E-state index contributed by atoms with van der Waals surface area (Å²) >= 11 is 2.19. The average Bonchev–Trinajstić information content (AvgIpc) is 2.59. The van der Waals surface area contributed by atoms with Crippen LogP contribution in [0.15, 0.2) is 0 Å². The molecule has 0 aromatic heterocycles. The molecular formula is C21H43NS. The fraction of sp³-hybridized carbons (Fsp3) is 1.00. The van der Waals surface area contributed by atoms with Gasteiger partial charge in [-0.05, 0) is 6.42 Å². The third kappa shape index (κ3) is 14.4. The fourth-order valence-corrected chi connectivity index (χ4v) is 4.71. The van der Waals surface area contributed by atoms with Crippen molar-refractivity contribution in [1.29, 1.82) is 0 Å². The molecule has 1 rings (SSSR count). The molecule has 1 unspecified atom stereocenters. The molecule has 1 aliphatic heterocycles. The fourth-order valence-electron chi connectivity index (χ4n) is 3.55. The molecule has 0 aromatic rings. The van der Waals surface area contributed by atoms with Crippen LogP contribution < -0.4 is 5.32 Å². The van der Waals surface area contributed by atoms with Crippen LogP contribution in [0.2, 0.25) is 0 Å². The van der Waals surface area contributed by atoms with Gasteiger partial charge in [0.05, 0.1) is 0 Å². The monoisotopic (exact) mass is 341 g/mol. The molecular weight excluding hydrogens is 298 g/mol. The summed E-state index contributed by atoms with van der Waals surface area (Å²) in [6, 6.07) is 0. The number of hydrogen-bond acceptors (Lipinski definition) is 2. The SMILES string of the molecule is CCCCCCCCCCCCCCCCCC1CNCCS1.